The van der Waals surface area contributed by atoms with Gasteiger partial charge in [0.25, 0.3) is 0 Å². The molecule has 3 N–H and O–H groups in total. The largest absolute Gasteiger partial charge is 0.342 e. The van der Waals surface area contributed by atoms with Crippen molar-refractivity contribution in [3.8, 4) is 11.3 Å². The van der Waals surface area contributed by atoms with Gasteiger partial charge in [0, 0.05) is 30.3 Å². The molecule has 0 spiro atoms. The van der Waals surface area contributed by atoms with Gasteiger partial charge in [-0.3, -0.25) is 4.68 Å². The number of hydrogen-bond acceptors (Lipinski definition) is 3. The maximum absolute atomic E-state index is 5.85. The predicted octanol–water partition coefficient (Wildman–Crippen LogP) is 2.75. The minimum atomic E-state index is 0.315. The molecule has 2 aromatic rings. The number of rotatable bonds is 6. The number of H-pyrrole nitrogens is 1. The van der Waals surface area contributed by atoms with E-state index in [1.807, 2.05) is 17.8 Å². The van der Waals surface area contributed by atoms with Crippen molar-refractivity contribution in [1.29, 1.82) is 0 Å². The smallest absolute Gasteiger partial charge is 0.110 e. The summed E-state index contributed by atoms with van der Waals surface area (Å²) in [4.78, 5) is 7.97. The lowest BCUT2D eigenvalue weighted by Gasteiger charge is -2.10. The van der Waals surface area contributed by atoms with E-state index in [4.69, 9.17) is 5.73 Å². The number of hydrogen-bond donors (Lipinski definition) is 2. The summed E-state index contributed by atoms with van der Waals surface area (Å²) in [6.07, 6.45) is 4.09. The van der Waals surface area contributed by atoms with Crippen molar-refractivity contribution < 1.29 is 0 Å². The molecule has 5 heteroatoms. The van der Waals surface area contributed by atoms with Crippen LogP contribution < -0.4 is 5.73 Å². The van der Waals surface area contributed by atoms with Crippen molar-refractivity contribution in [1.82, 2.24) is 19.7 Å². The number of aromatic nitrogens is 4. The minimum Gasteiger partial charge on any atom is -0.342 e. The first-order chi connectivity index (χ1) is 9.62. The van der Waals surface area contributed by atoms with Crippen LogP contribution in [0.25, 0.3) is 11.3 Å². The quantitative estimate of drug-likeness (QED) is 0.851. The molecule has 0 amide bonds. The van der Waals surface area contributed by atoms with E-state index < -0.39 is 0 Å². The fraction of sp³-hybridized carbons (Fsp3) is 0.600. The number of aromatic amines is 1. The van der Waals surface area contributed by atoms with Gasteiger partial charge in [-0.05, 0) is 27.2 Å². The summed E-state index contributed by atoms with van der Waals surface area (Å²) in [5, 5.41) is 4.56. The van der Waals surface area contributed by atoms with E-state index in [1.165, 1.54) is 5.69 Å². The summed E-state index contributed by atoms with van der Waals surface area (Å²) in [6, 6.07) is 0. The van der Waals surface area contributed by atoms with Crippen LogP contribution in [0.15, 0.2) is 6.20 Å². The molecule has 1 atom stereocenters. The second-order valence-electron chi connectivity index (χ2n) is 5.26. The van der Waals surface area contributed by atoms with Gasteiger partial charge in [0.15, 0.2) is 0 Å². The highest BCUT2D eigenvalue weighted by atomic mass is 15.3. The van der Waals surface area contributed by atoms with E-state index in [2.05, 4.69) is 35.8 Å². The molecule has 2 aromatic heterocycles. The summed E-state index contributed by atoms with van der Waals surface area (Å²) in [5.74, 6) is 1.31. The molecular weight excluding hydrogens is 250 g/mol. The predicted molar refractivity (Wildman–Crippen MR) is 81.7 cm³/mol. The molecule has 0 aliphatic heterocycles. The molecule has 0 aromatic carbocycles. The maximum Gasteiger partial charge on any atom is 0.110 e. The first kappa shape index (κ1) is 14.8. The molecule has 0 fully saturated rings. The van der Waals surface area contributed by atoms with E-state index in [0.29, 0.717) is 12.5 Å². The minimum absolute atomic E-state index is 0.315. The normalized spacial score (nSPS) is 12.8. The molecule has 0 saturated heterocycles. The molecule has 110 valence electrons. The lowest BCUT2D eigenvalue weighted by Crippen LogP contribution is -2.13. The van der Waals surface area contributed by atoms with Crippen LogP contribution in [0.4, 0.5) is 0 Å². The highest BCUT2D eigenvalue weighted by Crippen LogP contribution is 2.27. The van der Waals surface area contributed by atoms with Gasteiger partial charge in [-0.15, -0.1) is 0 Å². The second-order valence-corrected chi connectivity index (χ2v) is 5.26. The molecule has 2 rings (SSSR count). The topological polar surface area (TPSA) is 72.5 Å². The molecule has 0 radical (unpaired) electrons. The maximum atomic E-state index is 5.85. The first-order valence-corrected chi connectivity index (χ1v) is 7.41. The lowest BCUT2D eigenvalue weighted by atomic mass is 10.0. The molecule has 2 heterocycles. The third-order valence-electron chi connectivity index (χ3n) is 3.85. The van der Waals surface area contributed by atoms with Crippen LogP contribution >= 0.6 is 0 Å². The first-order valence-electron chi connectivity index (χ1n) is 7.41. The fourth-order valence-electron chi connectivity index (χ4n) is 2.78. The Labute approximate surface area is 120 Å². The molecule has 0 bridgehead atoms. The SMILES string of the molecule is CCCC(CN)c1ncc(-c2c(C)nn(CC)c2C)[nH]1. The number of imidazole rings is 1. The van der Waals surface area contributed by atoms with Crippen LogP contribution in [0.5, 0.6) is 0 Å². The van der Waals surface area contributed by atoms with Gasteiger partial charge < -0.3 is 10.7 Å². The van der Waals surface area contributed by atoms with Crippen LogP contribution in [0.2, 0.25) is 0 Å². The average Bonchev–Trinajstić information content (AvgIpc) is 3.00. The summed E-state index contributed by atoms with van der Waals surface area (Å²) in [5.41, 5.74) is 10.3. The Hall–Kier alpha value is -1.62. The van der Waals surface area contributed by atoms with Crippen molar-refractivity contribution in [3.63, 3.8) is 0 Å². The second kappa shape index (κ2) is 6.22. The van der Waals surface area contributed by atoms with Gasteiger partial charge in [-0.25, -0.2) is 4.98 Å². The molecule has 20 heavy (non-hydrogen) atoms. The zero-order valence-electron chi connectivity index (χ0n) is 12.9. The highest BCUT2D eigenvalue weighted by molar-refractivity contribution is 5.64. The summed E-state index contributed by atoms with van der Waals surface area (Å²) in [7, 11) is 0. The number of nitrogens with zero attached hydrogens (tertiary/aromatic N) is 3. The van der Waals surface area contributed by atoms with Gasteiger partial charge in [-0.2, -0.15) is 5.10 Å². The van der Waals surface area contributed by atoms with E-state index in [0.717, 1.165) is 42.2 Å². The Morgan fingerprint density at radius 1 is 1.35 bits per heavy atom. The number of nitrogens with one attached hydrogen (secondary N) is 1. The van der Waals surface area contributed by atoms with Gasteiger partial charge in [0.05, 0.1) is 17.6 Å². The van der Waals surface area contributed by atoms with Crippen LogP contribution in [0.1, 0.15) is 49.8 Å². The molecule has 1 unspecified atom stereocenters. The average molecular weight is 275 g/mol. The van der Waals surface area contributed by atoms with E-state index in [9.17, 15) is 0 Å². The highest BCUT2D eigenvalue weighted by Gasteiger charge is 2.17. The van der Waals surface area contributed by atoms with Crippen LogP contribution in [0, 0.1) is 13.8 Å². The van der Waals surface area contributed by atoms with E-state index in [-0.39, 0.29) is 0 Å². The molecular formula is C15H25N5. The van der Waals surface area contributed by atoms with Crippen molar-refractivity contribution in [2.75, 3.05) is 6.54 Å². The summed E-state index contributed by atoms with van der Waals surface area (Å²) in [6.45, 7) is 9.94. The van der Waals surface area contributed by atoms with Gasteiger partial charge in [0.1, 0.15) is 5.82 Å². The Balaban J connectivity index is 2.35. The van der Waals surface area contributed by atoms with Crippen LogP contribution in [-0.2, 0) is 6.54 Å². The monoisotopic (exact) mass is 275 g/mol. The van der Waals surface area contributed by atoms with Gasteiger partial charge in [0.2, 0.25) is 0 Å². The van der Waals surface area contributed by atoms with Crippen LogP contribution in [-0.4, -0.2) is 26.3 Å². The Bertz CT molecular complexity index is 567. The van der Waals surface area contributed by atoms with E-state index in [1.54, 1.807) is 0 Å². The Kier molecular flexibility index (Phi) is 4.60. The van der Waals surface area contributed by atoms with Crippen LogP contribution in [0.3, 0.4) is 0 Å². The van der Waals surface area contributed by atoms with Crippen molar-refractivity contribution in [2.45, 2.75) is 53.0 Å². The number of aryl methyl sites for hydroxylation is 2. The van der Waals surface area contributed by atoms with E-state index >= 15 is 0 Å². The third kappa shape index (κ3) is 2.63. The lowest BCUT2D eigenvalue weighted by molar-refractivity contribution is 0.595. The van der Waals surface area contributed by atoms with Crippen molar-refractivity contribution in [3.05, 3.63) is 23.4 Å². The molecule has 0 saturated carbocycles. The molecule has 0 aliphatic rings. The zero-order valence-corrected chi connectivity index (χ0v) is 12.9. The standard InChI is InChI=1S/C15H25N5/c1-5-7-12(8-16)15-17-9-13(18-15)14-10(3)19-20(6-2)11(14)4/h9,12H,5-8,16H2,1-4H3,(H,17,18). The number of nitrogens with two attached hydrogens (primary N) is 1. The van der Waals surface area contributed by atoms with Gasteiger partial charge >= 0.3 is 0 Å². The summed E-state index contributed by atoms with van der Waals surface area (Å²) < 4.78 is 2.03. The van der Waals surface area contributed by atoms with Gasteiger partial charge in [-0.1, -0.05) is 13.3 Å². The fourth-order valence-corrected chi connectivity index (χ4v) is 2.78. The van der Waals surface area contributed by atoms with Crippen molar-refractivity contribution in [2.24, 2.45) is 5.73 Å². The molecule has 0 aliphatic carbocycles. The zero-order chi connectivity index (χ0) is 14.7. The molecule has 5 nitrogen and oxygen atoms in total. The Morgan fingerprint density at radius 2 is 2.10 bits per heavy atom. The third-order valence-corrected chi connectivity index (χ3v) is 3.85. The Morgan fingerprint density at radius 3 is 2.65 bits per heavy atom. The summed E-state index contributed by atoms with van der Waals surface area (Å²) >= 11 is 0. The van der Waals surface area contributed by atoms with Crippen molar-refractivity contribution >= 4 is 0 Å².